The first-order valence-corrected chi connectivity index (χ1v) is 7.31. The summed E-state index contributed by atoms with van der Waals surface area (Å²) in [4.78, 5) is 15.7. The second kappa shape index (κ2) is 6.76. The molecule has 1 aromatic carbocycles. The summed E-state index contributed by atoms with van der Waals surface area (Å²) in [6.07, 6.45) is -3.73. The number of amides is 1. The van der Waals surface area contributed by atoms with Crippen molar-refractivity contribution in [2.75, 3.05) is 5.32 Å². The van der Waals surface area contributed by atoms with E-state index in [1.54, 1.807) is 0 Å². The summed E-state index contributed by atoms with van der Waals surface area (Å²) in [5, 5.41) is 2.43. The van der Waals surface area contributed by atoms with E-state index in [9.17, 15) is 22.4 Å². The lowest BCUT2D eigenvalue weighted by molar-refractivity contribution is -0.137. The van der Waals surface area contributed by atoms with E-state index >= 15 is 0 Å². The lowest BCUT2D eigenvalue weighted by atomic mass is 10.0. The van der Waals surface area contributed by atoms with Crippen LogP contribution in [0.5, 0.6) is 0 Å². The highest BCUT2D eigenvalue weighted by atomic mass is 35.5. The molecule has 1 heterocycles. The number of aromatic nitrogens is 1. The highest BCUT2D eigenvalue weighted by Gasteiger charge is 2.31. The number of carbonyl (C=O) groups excluding carboxylic acids is 1. The van der Waals surface area contributed by atoms with Gasteiger partial charge in [-0.1, -0.05) is 25.4 Å². The maximum absolute atomic E-state index is 13.9. The Labute approximate surface area is 140 Å². The first kappa shape index (κ1) is 18.2. The fourth-order valence-electron chi connectivity index (χ4n) is 2.02. The number of anilines is 1. The fraction of sp³-hybridized carbons (Fsp3) is 0.250. The summed E-state index contributed by atoms with van der Waals surface area (Å²) in [5.41, 5.74) is -1.05. The molecule has 3 nitrogen and oxygen atoms in total. The van der Waals surface area contributed by atoms with Crippen LogP contribution in [0.1, 0.15) is 41.4 Å². The maximum Gasteiger partial charge on any atom is 0.416 e. The summed E-state index contributed by atoms with van der Waals surface area (Å²) in [5.74, 6) is -1.76. The quantitative estimate of drug-likeness (QED) is 0.758. The average Bonchev–Trinajstić information content (AvgIpc) is 2.48. The minimum atomic E-state index is -4.60. The molecular weight excluding hydrogens is 348 g/mol. The summed E-state index contributed by atoms with van der Waals surface area (Å²) in [7, 11) is 0. The second-order valence-corrected chi connectivity index (χ2v) is 5.80. The molecule has 24 heavy (non-hydrogen) atoms. The van der Waals surface area contributed by atoms with Crippen LogP contribution in [0.3, 0.4) is 0 Å². The highest BCUT2D eigenvalue weighted by molar-refractivity contribution is 6.31. The van der Waals surface area contributed by atoms with Gasteiger partial charge in [-0.2, -0.15) is 13.2 Å². The molecule has 0 bridgehead atoms. The van der Waals surface area contributed by atoms with Crippen molar-refractivity contribution in [2.24, 2.45) is 0 Å². The standard InChI is InChI=1S/C16H13ClF4N2O/c1-8(2)10-6-13(12(18)7-11(10)17)23-15(24)14-5-9(3-4-22-14)16(19,20)21/h3-8H,1-2H3,(H,23,24). The number of nitrogens with one attached hydrogen (secondary N) is 1. The molecule has 8 heteroatoms. The first-order valence-electron chi connectivity index (χ1n) is 6.93. The van der Waals surface area contributed by atoms with Gasteiger partial charge in [-0.25, -0.2) is 4.39 Å². The Hall–Kier alpha value is -2.15. The van der Waals surface area contributed by atoms with E-state index in [0.29, 0.717) is 11.6 Å². The van der Waals surface area contributed by atoms with Crippen molar-refractivity contribution >= 4 is 23.2 Å². The van der Waals surface area contributed by atoms with Crippen LogP contribution in [0.4, 0.5) is 23.2 Å². The van der Waals surface area contributed by atoms with E-state index in [1.807, 2.05) is 13.8 Å². The van der Waals surface area contributed by atoms with E-state index in [4.69, 9.17) is 11.6 Å². The Bertz CT molecular complexity index is 775. The lowest BCUT2D eigenvalue weighted by Gasteiger charge is -2.13. The third-order valence-corrected chi connectivity index (χ3v) is 3.60. The molecule has 1 aromatic heterocycles. The highest BCUT2D eigenvalue weighted by Crippen LogP contribution is 2.31. The molecular formula is C16H13ClF4N2O. The van der Waals surface area contributed by atoms with Crippen molar-refractivity contribution in [1.29, 1.82) is 0 Å². The average molecular weight is 361 g/mol. The Morgan fingerprint density at radius 3 is 2.50 bits per heavy atom. The molecule has 0 atom stereocenters. The van der Waals surface area contributed by atoms with E-state index in [1.165, 1.54) is 6.07 Å². The molecule has 0 aliphatic carbocycles. The number of benzene rings is 1. The Kier molecular flexibility index (Phi) is 5.13. The molecule has 1 N–H and O–H groups in total. The van der Waals surface area contributed by atoms with Crippen molar-refractivity contribution in [3.05, 3.63) is 58.1 Å². The molecule has 0 radical (unpaired) electrons. The molecule has 128 valence electrons. The second-order valence-electron chi connectivity index (χ2n) is 5.39. The minimum absolute atomic E-state index is 0.0274. The largest absolute Gasteiger partial charge is 0.416 e. The number of hydrogen-bond acceptors (Lipinski definition) is 2. The predicted octanol–water partition coefficient (Wildman–Crippen LogP) is 5.27. The van der Waals surface area contributed by atoms with Gasteiger partial charge < -0.3 is 5.32 Å². The predicted molar refractivity (Wildman–Crippen MR) is 82.7 cm³/mol. The number of nitrogens with zero attached hydrogens (tertiary/aromatic N) is 1. The van der Waals surface area contributed by atoms with Gasteiger partial charge in [-0.05, 0) is 35.7 Å². The SMILES string of the molecule is CC(C)c1cc(NC(=O)c2cc(C(F)(F)F)ccn2)c(F)cc1Cl. The summed E-state index contributed by atoms with van der Waals surface area (Å²) >= 11 is 5.93. The number of halogens is 5. The van der Waals surface area contributed by atoms with E-state index in [-0.39, 0.29) is 16.6 Å². The Morgan fingerprint density at radius 1 is 1.25 bits per heavy atom. The molecule has 0 aliphatic rings. The maximum atomic E-state index is 13.9. The van der Waals surface area contributed by atoms with E-state index in [0.717, 1.165) is 18.3 Å². The molecule has 0 saturated carbocycles. The first-order chi connectivity index (χ1) is 11.1. The van der Waals surface area contributed by atoms with Crippen LogP contribution >= 0.6 is 11.6 Å². The molecule has 0 spiro atoms. The van der Waals surface area contributed by atoms with Gasteiger partial charge in [-0.3, -0.25) is 9.78 Å². The zero-order chi connectivity index (χ0) is 18.1. The van der Waals surface area contributed by atoms with Crippen LogP contribution in [-0.2, 0) is 6.18 Å². The summed E-state index contributed by atoms with van der Waals surface area (Å²) in [6.45, 7) is 3.66. The zero-order valence-electron chi connectivity index (χ0n) is 12.7. The normalized spacial score (nSPS) is 11.7. The Morgan fingerprint density at radius 2 is 1.92 bits per heavy atom. The topological polar surface area (TPSA) is 42.0 Å². The minimum Gasteiger partial charge on any atom is -0.318 e. The molecule has 2 aromatic rings. The van der Waals surface area contributed by atoms with Crippen LogP contribution in [0, 0.1) is 5.82 Å². The monoisotopic (exact) mass is 360 g/mol. The molecule has 1 amide bonds. The number of hydrogen-bond donors (Lipinski definition) is 1. The lowest BCUT2D eigenvalue weighted by Crippen LogP contribution is -2.16. The van der Waals surface area contributed by atoms with Gasteiger partial charge >= 0.3 is 6.18 Å². The van der Waals surface area contributed by atoms with Gasteiger partial charge in [0.2, 0.25) is 0 Å². The Balaban J connectivity index is 2.32. The van der Waals surface area contributed by atoms with Crippen molar-refractivity contribution in [3.63, 3.8) is 0 Å². The van der Waals surface area contributed by atoms with Crippen LogP contribution in [-0.4, -0.2) is 10.9 Å². The van der Waals surface area contributed by atoms with Gasteiger partial charge in [0, 0.05) is 11.2 Å². The smallest absolute Gasteiger partial charge is 0.318 e. The van der Waals surface area contributed by atoms with E-state index < -0.39 is 29.2 Å². The molecule has 0 fully saturated rings. The third kappa shape index (κ3) is 4.03. The van der Waals surface area contributed by atoms with Crippen molar-refractivity contribution < 1.29 is 22.4 Å². The zero-order valence-corrected chi connectivity index (χ0v) is 13.5. The van der Waals surface area contributed by atoms with Crippen LogP contribution in [0.15, 0.2) is 30.5 Å². The van der Waals surface area contributed by atoms with Gasteiger partial charge in [0.1, 0.15) is 11.5 Å². The number of rotatable bonds is 3. The molecule has 0 aliphatic heterocycles. The number of pyridine rings is 1. The van der Waals surface area contributed by atoms with Gasteiger partial charge in [-0.15, -0.1) is 0 Å². The number of alkyl halides is 3. The molecule has 2 rings (SSSR count). The van der Waals surface area contributed by atoms with Crippen molar-refractivity contribution in [2.45, 2.75) is 25.9 Å². The van der Waals surface area contributed by atoms with Gasteiger partial charge in [0.05, 0.1) is 11.3 Å². The summed E-state index contributed by atoms with van der Waals surface area (Å²) in [6, 6.07) is 3.75. The number of carbonyl (C=O) groups is 1. The molecule has 0 unspecified atom stereocenters. The van der Waals surface area contributed by atoms with Crippen molar-refractivity contribution in [1.82, 2.24) is 4.98 Å². The van der Waals surface area contributed by atoms with Crippen molar-refractivity contribution in [3.8, 4) is 0 Å². The van der Waals surface area contributed by atoms with Crippen LogP contribution < -0.4 is 5.32 Å². The third-order valence-electron chi connectivity index (χ3n) is 3.28. The van der Waals surface area contributed by atoms with Gasteiger partial charge in [0.25, 0.3) is 5.91 Å². The fourth-order valence-corrected chi connectivity index (χ4v) is 2.39. The van der Waals surface area contributed by atoms with Crippen LogP contribution in [0.25, 0.3) is 0 Å². The summed E-state index contributed by atoms with van der Waals surface area (Å²) < 4.78 is 52.0. The molecule has 0 saturated heterocycles. The van der Waals surface area contributed by atoms with Gasteiger partial charge in [0.15, 0.2) is 0 Å². The van der Waals surface area contributed by atoms with E-state index in [2.05, 4.69) is 10.3 Å². The van der Waals surface area contributed by atoms with Crippen LogP contribution in [0.2, 0.25) is 5.02 Å².